The maximum Gasteiger partial charge on any atom is 0.270 e. The number of nitrogens with zero attached hydrogens (tertiary/aromatic N) is 1. The van der Waals surface area contributed by atoms with Crippen LogP contribution < -0.4 is 15.8 Å². The summed E-state index contributed by atoms with van der Waals surface area (Å²) >= 11 is 1.45. The molecule has 1 aromatic carbocycles. The normalized spacial score (nSPS) is 12.2. The molecule has 0 aliphatic carbocycles. The van der Waals surface area contributed by atoms with Crippen LogP contribution in [0.3, 0.4) is 0 Å². The Labute approximate surface area is 140 Å². The van der Waals surface area contributed by atoms with Gasteiger partial charge in [-0.2, -0.15) is 0 Å². The Balaban J connectivity index is 2.02. The number of hydrogen-bond acceptors (Lipinski definition) is 5. The second-order valence-electron chi connectivity index (χ2n) is 5.78. The zero-order valence-electron chi connectivity index (χ0n) is 13.7. The van der Waals surface area contributed by atoms with E-state index in [0.29, 0.717) is 18.8 Å². The average molecular weight is 333 g/mol. The Bertz CT molecular complexity index is 638. The van der Waals surface area contributed by atoms with Gasteiger partial charge in [-0.3, -0.25) is 4.79 Å². The monoisotopic (exact) mass is 333 g/mol. The molecule has 1 heterocycles. The summed E-state index contributed by atoms with van der Waals surface area (Å²) in [4.78, 5) is 16.5. The van der Waals surface area contributed by atoms with Crippen LogP contribution in [0.2, 0.25) is 0 Å². The maximum absolute atomic E-state index is 12.1. The van der Waals surface area contributed by atoms with Gasteiger partial charge >= 0.3 is 0 Å². The van der Waals surface area contributed by atoms with Crippen LogP contribution in [-0.4, -0.2) is 30.1 Å². The first-order valence-electron chi connectivity index (χ1n) is 7.70. The molecule has 3 N–H and O–H groups in total. The number of nitrogens with one attached hydrogen (secondary N) is 1. The highest BCUT2D eigenvalue weighted by atomic mass is 32.1. The number of hydrogen-bond donors (Lipinski definition) is 2. The molecule has 1 atom stereocenters. The van der Waals surface area contributed by atoms with Crippen molar-refractivity contribution < 1.29 is 9.53 Å². The Morgan fingerprint density at radius 1 is 1.30 bits per heavy atom. The van der Waals surface area contributed by atoms with Crippen LogP contribution in [0.15, 0.2) is 29.6 Å². The predicted molar refractivity (Wildman–Crippen MR) is 93.9 cm³/mol. The molecule has 0 saturated heterocycles. The third-order valence-electron chi connectivity index (χ3n) is 3.22. The Kier molecular flexibility index (Phi) is 6.12. The molecule has 0 spiro atoms. The number of amides is 1. The maximum atomic E-state index is 12.1. The molecule has 0 aliphatic rings. The van der Waals surface area contributed by atoms with Gasteiger partial charge in [-0.25, -0.2) is 4.98 Å². The molecule has 2 aromatic rings. The summed E-state index contributed by atoms with van der Waals surface area (Å²) in [5.41, 5.74) is 6.96. The van der Waals surface area contributed by atoms with E-state index in [1.165, 1.54) is 11.3 Å². The number of carbonyl (C=O) groups is 1. The average Bonchev–Trinajstić information content (AvgIpc) is 3.02. The van der Waals surface area contributed by atoms with E-state index in [4.69, 9.17) is 10.5 Å². The number of rotatable bonds is 7. The third kappa shape index (κ3) is 5.04. The lowest BCUT2D eigenvalue weighted by Gasteiger charge is -2.09. The van der Waals surface area contributed by atoms with Gasteiger partial charge in [0.05, 0.1) is 6.10 Å². The lowest BCUT2D eigenvalue weighted by Crippen LogP contribution is -2.31. The summed E-state index contributed by atoms with van der Waals surface area (Å²) < 4.78 is 5.62. The van der Waals surface area contributed by atoms with Crippen molar-refractivity contribution in [1.29, 1.82) is 0 Å². The van der Waals surface area contributed by atoms with Gasteiger partial charge in [-0.1, -0.05) is 6.92 Å². The van der Waals surface area contributed by atoms with Gasteiger partial charge < -0.3 is 15.8 Å². The van der Waals surface area contributed by atoms with Crippen LogP contribution >= 0.6 is 11.3 Å². The van der Waals surface area contributed by atoms with Gasteiger partial charge in [-0.05, 0) is 50.6 Å². The van der Waals surface area contributed by atoms with Gasteiger partial charge in [-0.15, -0.1) is 11.3 Å². The molecule has 6 heteroatoms. The molecular formula is C17H23N3O2S. The quantitative estimate of drug-likeness (QED) is 0.817. The minimum Gasteiger partial charge on any atom is -0.491 e. The van der Waals surface area contributed by atoms with E-state index < -0.39 is 0 Å². The molecule has 0 bridgehead atoms. The molecule has 0 saturated carbocycles. The standard InChI is InChI=1S/C17H23N3O2S/c1-11(2)22-14-6-4-13(5-7-14)17-20-15(10-23-17)16(21)19-9-12(3)8-18/h4-7,10-12H,8-9,18H2,1-3H3,(H,19,21). The van der Waals surface area contributed by atoms with E-state index in [0.717, 1.165) is 16.3 Å². The first-order valence-corrected chi connectivity index (χ1v) is 8.58. The van der Waals surface area contributed by atoms with Crippen molar-refractivity contribution in [3.8, 4) is 16.3 Å². The topological polar surface area (TPSA) is 77.2 Å². The highest BCUT2D eigenvalue weighted by Gasteiger charge is 2.12. The molecule has 2 rings (SSSR count). The largest absolute Gasteiger partial charge is 0.491 e. The number of benzene rings is 1. The van der Waals surface area contributed by atoms with Crippen LogP contribution in [0.4, 0.5) is 0 Å². The Morgan fingerprint density at radius 3 is 2.61 bits per heavy atom. The second kappa shape index (κ2) is 8.08. The van der Waals surface area contributed by atoms with E-state index in [2.05, 4.69) is 10.3 Å². The van der Waals surface area contributed by atoms with Gasteiger partial charge in [0, 0.05) is 17.5 Å². The minimum absolute atomic E-state index is 0.145. The van der Waals surface area contributed by atoms with Gasteiger partial charge in [0.25, 0.3) is 5.91 Å². The van der Waals surface area contributed by atoms with E-state index in [9.17, 15) is 4.79 Å². The summed E-state index contributed by atoms with van der Waals surface area (Å²) in [6.07, 6.45) is 0.145. The Morgan fingerprint density at radius 2 is 2.00 bits per heavy atom. The first kappa shape index (κ1) is 17.4. The number of ether oxygens (including phenoxy) is 1. The highest BCUT2D eigenvalue weighted by molar-refractivity contribution is 7.13. The van der Waals surface area contributed by atoms with Crippen LogP contribution in [0, 0.1) is 5.92 Å². The summed E-state index contributed by atoms with van der Waals surface area (Å²) in [7, 11) is 0. The SMILES string of the molecule is CC(CN)CNC(=O)c1csc(-c2ccc(OC(C)C)cc2)n1. The smallest absolute Gasteiger partial charge is 0.270 e. The van der Waals surface area contributed by atoms with E-state index in [-0.39, 0.29) is 17.9 Å². The molecule has 0 aliphatic heterocycles. The Hall–Kier alpha value is -1.92. The van der Waals surface area contributed by atoms with Crippen molar-refractivity contribution in [2.24, 2.45) is 11.7 Å². The predicted octanol–water partition coefficient (Wildman–Crippen LogP) is 2.92. The molecular weight excluding hydrogens is 310 g/mol. The summed E-state index contributed by atoms with van der Waals surface area (Å²) in [6, 6.07) is 7.74. The second-order valence-corrected chi connectivity index (χ2v) is 6.64. The number of nitrogens with two attached hydrogens (primary N) is 1. The van der Waals surface area contributed by atoms with Crippen LogP contribution in [0.25, 0.3) is 10.6 Å². The molecule has 0 fully saturated rings. The summed E-state index contributed by atoms with van der Waals surface area (Å²) in [5.74, 6) is 0.923. The fraction of sp³-hybridized carbons (Fsp3) is 0.412. The molecule has 1 amide bonds. The minimum atomic E-state index is -0.160. The zero-order valence-corrected chi connectivity index (χ0v) is 14.5. The van der Waals surface area contributed by atoms with E-state index in [1.807, 2.05) is 45.0 Å². The van der Waals surface area contributed by atoms with Crippen molar-refractivity contribution in [3.05, 3.63) is 35.3 Å². The number of aromatic nitrogens is 1. The van der Waals surface area contributed by atoms with Gasteiger partial charge in [0.15, 0.2) is 0 Å². The van der Waals surface area contributed by atoms with Crippen LogP contribution in [0.1, 0.15) is 31.3 Å². The highest BCUT2D eigenvalue weighted by Crippen LogP contribution is 2.26. The third-order valence-corrected chi connectivity index (χ3v) is 4.11. The molecule has 1 aromatic heterocycles. The molecule has 1 unspecified atom stereocenters. The van der Waals surface area contributed by atoms with Crippen molar-refractivity contribution in [1.82, 2.24) is 10.3 Å². The van der Waals surface area contributed by atoms with E-state index >= 15 is 0 Å². The number of thiazole rings is 1. The molecule has 5 nitrogen and oxygen atoms in total. The summed E-state index contributed by atoms with van der Waals surface area (Å²) in [6.45, 7) is 7.08. The summed E-state index contributed by atoms with van der Waals surface area (Å²) in [5, 5.41) is 5.44. The van der Waals surface area contributed by atoms with Crippen LogP contribution in [-0.2, 0) is 0 Å². The fourth-order valence-corrected chi connectivity index (χ4v) is 2.71. The lowest BCUT2D eigenvalue weighted by atomic mass is 10.2. The van der Waals surface area contributed by atoms with Crippen molar-refractivity contribution in [2.75, 3.05) is 13.1 Å². The first-order chi connectivity index (χ1) is 11.0. The zero-order chi connectivity index (χ0) is 16.8. The van der Waals surface area contributed by atoms with Crippen molar-refractivity contribution in [3.63, 3.8) is 0 Å². The van der Waals surface area contributed by atoms with E-state index in [1.54, 1.807) is 5.38 Å². The van der Waals surface area contributed by atoms with Crippen molar-refractivity contribution >= 4 is 17.2 Å². The van der Waals surface area contributed by atoms with Crippen molar-refractivity contribution in [2.45, 2.75) is 26.9 Å². The molecule has 0 radical (unpaired) electrons. The lowest BCUT2D eigenvalue weighted by molar-refractivity contribution is 0.0944. The molecule has 23 heavy (non-hydrogen) atoms. The van der Waals surface area contributed by atoms with Crippen LogP contribution in [0.5, 0.6) is 5.75 Å². The van der Waals surface area contributed by atoms with Gasteiger partial charge in [0.2, 0.25) is 0 Å². The fourth-order valence-electron chi connectivity index (χ4n) is 1.90. The van der Waals surface area contributed by atoms with Gasteiger partial charge in [0.1, 0.15) is 16.5 Å². The molecule has 124 valence electrons. The number of carbonyl (C=O) groups excluding carboxylic acids is 1.